The SMILES string of the molecule is CC#C[C@]12CC[C@H]3[C@@H]4CCC5=CC(=O)CCC5=C4[C@@H](c4ccc(N(C)CCCC(=O)N5CCN(C(=O)OC(C)(C)C)CC5C(=O)N5CCN(C(=O)OC(C)(C)C)CC5C(=O)N(C)CCCOCCOCCOCCCNc5cccc6c5C(=O)N(C5CCC(=O)NC5=O)C6=O)cc4)C[C@@]31O2. The number of fused-ring (bicyclic) bond motifs is 4. The Bertz CT molecular complexity index is 3640. The van der Waals surface area contributed by atoms with Crippen molar-refractivity contribution in [1.82, 2.24) is 34.7 Å². The van der Waals surface area contributed by atoms with Gasteiger partial charge >= 0.3 is 12.2 Å². The number of anilines is 2. The summed E-state index contributed by atoms with van der Waals surface area (Å²) in [5.74, 6) is 4.38. The highest BCUT2D eigenvalue weighted by Crippen LogP contribution is 2.73. The first-order chi connectivity index (χ1) is 47.7. The van der Waals surface area contributed by atoms with Crippen molar-refractivity contribution in [3.63, 3.8) is 0 Å². The van der Waals surface area contributed by atoms with Gasteiger partial charge < -0.3 is 63.1 Å². The highest BCUT2D eigenvalue weighted by molar-refractivity contribution is 6.25. The van der Waals surface area contributed by atoms with Gasteiger partial charge in [-0.1, -0.05) is 29.7 Å². The Morgan fingerprint density at radius 1 is 0.720 bits per heavy atom. The molecule has 2 saturated carbocycles. The summed E-state index contributed by atoms with van der Waals surface area (Å²) in [6.45, 7) is 15.4. The van der Waals surface area contributed by atoms with Gasteiger partial charge in [0.1, 0.15) is 34.9 Å². The lowest BCUT2D eigenvalue weighted by atomic mass is 9.57. The summed E-state index contributed by atoms with van der Waals surface area (Å²) < 4.78 is 35.6. The molecule has 4 aliphatic carbocycles. The third-order valence-corrected chi connectivity index (χ3v) is 20.9. The minimum Gasteiger partial charge on any atom is -0.444 e. The second-order valence-corrected chi connectivity index (χ2v) is 29.8. The summed E-state index contributed by atoms with van der Waals surface area (Å²) in [6.07, 6.45) is 8.52. The van der Waals surface area contributed by atoms with Gasteiger partial charge in [-0.05, 0) is 172 Å². The number of hydrogen-bond acceptors (Lipinski definition) is 18. The van der Waals surface area contributed by atoms with Gasteiger partial charge in [0.15, 0.2) is 11.4 Å². The van der Waals surface area contributed by atoms with Crippen LogP contribution in [0.5, 0.6) is 0 Å². The first-order valence-corrected chi connectivity index (χ1v) is 35.8. The predicted octanol–water partition coefficient (Wildman–Crippen LogP) is 7.02. The van der Waals surface area contributed by atoms with Crippen LogP contribution in [0.1, 0.15) is 164 Å². The molecule has 2 aromatic rings. The topological polar surface area (TPSA) is 276 Å². The number of amides is 9. The van der Waals surface area contributed by atoms with Gasteiger partial charge in [0.2, 0.25) is 29.5 Å². The van der Waals surface area contributed by atoms with Crippen LogP contribution in [-0.2, 0) is 57.2 Å². The van der Waals surface area contributed by atoms with E-state index in [1.807, 2.05) is 20.0 Å². The Morgan fingerprint density at radius 2 is 1.38 bits per heavy atom. The molecule has 540 valence electrons. The highest BCUT2D eigenvalue weighted by Gasteiger charge is 2.79. The molecule has 2 aromatic carbocycles. The lowest BCUT2D eigenvalue weighted by Crippen LogP contribution is -2.68. The molecule has 0 bridgehead atoms. The summed E-state index contributed by atoms with van der Waals surface area (Å²) in [5, 5.41) is 5.41. The van der Waals surface area contributed by atoms with Crippen LogP contribution in [0.15, 0.2) is 65.3 Å². The van der Waals surface area contributed by atoms with E-state index in [0.717, 1.165) is 49.1 Å². The van der Waals surface area contributed by atoms with E-state index >= 15 is 4.79 Å². The number of piperazine rings is 2. The average Bonchev–Trinajstić information content (AvgIpc) is 1.49. The van der Waals surface area contributed by atoms with Crippen molar-refractivity contribution in [3.05, 3.63) is 82.0 Å². The molecule has 11 rings (SSSR count). The van der Waals surface area contributed by atoms with Gasteiger partial charge in [0.05, 0.1) is 50.6 Å². The van der Waals surface area contributed by atoms with E-state index in [1.165, 1.54) is 46.8 Å². The zero-order chi connectivity index (χ0) is 71.4. The maximum absolute atomic E-state index is 15.3. The Balaban J connectivity index is 0.659. The molecule has 0 radical (unpaired) electrons. The summed E-state index contributed by atoms with van der Waals surface area (Å²) in [5.41, 5.74) is 4.86. The molecule has 5 aliphatic heterocycles. The van der Waals surface area contributed by atoms with Crippen LogP contribution in [0, 0.1) is 23.7 Å². The molecule has 3 unspecified atom stereocenters. The van der Waals surface area contributed by atoms with Crippen LogP contribution < -0.4 is 15.5 Å². The summed E-state index contributed by atoms with van der Waals surface area (Å²) in [7, 11) is 3.63. The number of carbonyl (C=O) groups excluding carboxylic acids is 10. The van der Waals surface area contributed by atoms with E-state index in [2.05, 4.69) is 51.6 Å². The summed E-state index contributed by atoms with van der Waals surface area (Å²) in [4.78, 5) is 146. The van der Waals surface area contributed by atoms with E-state index in [4.69, 9.17) is 28.4 Å². The molecule has 9 aliphatic rings. The number of imide groups is 2. The monoisotopic (exact) mass is 1380 g/mol. The number of rotatable bonds is 24. The number of ether oxygens (including phenoxy) is 6. The van der Waals surface area contributed by atoms with E-state index in [1.54, 1.807) is 66.8 Å². The highest BCUT2D eigenvalue weighted by atomic mass is 16.6. The van der Waals surface area contributed by atoms with Crippen molar-refractivity contribution in [3.8, 4) is 11.8 Å². The molecule has 2 N–H and O–H groups in total. The van der Waals surface area contributed by atoms with Gasteiger partial charge in [-0.3, -0.25) is 48.6 Å². The molecule has 25 heteroatoms. The predicted molar refractivity (Wildman–Crippen MR) is 369 cm³/mol. The van der Waals surface area contributed by atoms with Crippen LogP contribution >= 0.6 is 0 Å². The molecule has 100 heavy (non-hydrogen) atoms. The molecule has 4 saturated heterocycles. The molecular weight excluding hydrogens is 1280 g/mol. The standard InChI is InChI=1S/C75H99N9O16/c1-10-29-74-30-28-56-53-24-20-49-44-51(85)23-25-52(49)63(53)55(45-75(56,74)100-74)48-18-21-50(22-19-48)78(8)32-12-17-62(87)82-36-34-80(70(93)98-72(2,3)4)47-60(82)68(91)83-37-35-81(71(94)99-73(5,6)7)46-59(83)67(90)79(9)33-14-39-96-41-43-97-42-40-95-38-13-31-76-57-16-11-15-54-64(57)69(92)84(66(54)89)58-26-27-61(86)77-65(58)88/h11,15-16,18-19,21-22,44,53,55-56,58-60,76H,12-14,17,20,23-28,30-43,45-47H2,1-9H3,(H,77,86,88)/t53-,55+,56-,58?,59?,60?,74-,75+/m0/s1. The number of ketones is 1. The second-order valence-electron chi connectivity index (χ2n) is 29.8. The first-order valence-electron chi connectivity index (χ1n) is 35.8. The molecule has 1 spiro atoms. The fraction of sp³-hybridized carbons (Fsp3) is 0.627. The molecule has 0 aromatic heterocycles. The van der Waals surface area contributed by atoms with Crippen molar-refractivity contribution < 1.29 is 76.4 Å². The lowest BCUT2D eigenvalue weighted by molar-refractivity contribution is -0.157. The quantitative estimate of drug-likeness (QED) is 0.0462. The third-order valence-electron chi connectivity index (χ3n) is 20.9. The molecule has 5 heterocycles. The lowest BCUT2D eigenvalue weighted by Gasteiger charge is -2.46. The van der Waals surface area contributed by atoms with Crippen molar-refractivity contribution in [1.29, 1.82) is 0 Å². The largest absolute Gasteiger partial charge is 0.444 e. The molecule has 25 nitrogen and oxygen atoms in total. The van der Waals surface area contributed by atoms with Crippen LogP contribution in [0.3, 0.4) is 0 Å². The number of epoxide rings is 1. The van der Waals surface area contributed by atoms with Crippen LogP contribution in [0.4, 0.5) is 21.0 Å². The number of nitrogens with zero attached hydrogens (tertiary/aromatic N) is 7. The van der Waals surface area contributed by atoms with Gasteiger partial charge in [0.25, 0.3) is 11.8 Å². The van der Waals surface area contributed by atoms with Gasteiger partial charge in [-0.25, -0.2) is 9.59 Å². The smallest absolute Gasteiger partial charge is 0.410 e. The van der Waals surface area contributed by atoms with Crippen molar-refractivity contribution in [2.24, 2.45) is 11.8 Å². The number of allylic oxidation sites excluding steroid dienone is 4. The average molecular weight is 1380 g/mol. The van der Waals surface area contributed by atoms with Gasteiger partial charge in [-0.15, -0.1) is 5.92 Å². The Labute approximate surface area is 586 Å². The minimum atomic E-state index is -1.16. The van der Waals surface area contributed by atoms with E-state index < -0.39 is 77.0 Å². The number of hydrogen-bond donors (Lipinski definition) is 2. The van der Waals surface area contributed by atoms with Crippen LogP contribution in [0.25, 0.3) is 0 Å². The molecule has 6 fully saturated rings. The Hall–Kier alpha value is -8.18. The fourth-order valence-electron chi connectivity index (χ4n) is 16.2. The third kappa shape index (κ3) is 15.8. The van der Waals surface area contributed by atoms with E-state index in [-0.39, 0.29) is 112 Å². The molecular formula is C75H99N9O16. The number of carbonyl (C=O) groups is 10. The minimum absolute atomic E-state index is 0.0343. The number of nitrogens with one attached hydrogen (secondary N) is 2. The van der Waals surface area contributed by atoms with Crippen LogP contribution in [-0.4, -0.2) is 242 Å². The van der Waals surface area contributed by atoms with Gasteiger partial charge in [-0.2, -0.15) is 0 Å². The number of piperidine rings is 1. The maximum Gasteiger partial charge on any atom is 0.410 e. The summed E-state index contributed by atoms with van der Waals surface area (Å²) >= 11 is 0. The maximum atomic E-state index is 15.3. The second kappa shape index (κ2) is 30.6. The van der Waals surface area contributed by atoms with Gasteiger partial charge in [0, 0.05) is 110 Å². The molecule has 9 amide bonds. The Kier molecular flexibility index (Phi) is 22.3. The normalized spacial score (nSPS) is 25.6. The Morgan fingerprint density at radius 3 is 2.05 bits per heavy atom. The van der Waals surface area contributed by atoms with E-state index in [0.29, 0.717) is 89.3 Å². The fourth-order valence-corrected chi connectivity index (χ4v) is 16.2. The number of benzene rings is 2. The zero-order valence-electron chi connectivity index (χ0n) is 59.5. The van der Waals surface area contributed by atoms with E-state index in [9.17, 15) is 43.2 Å². The summed E-state index contributed by atoms with van der Waals surface area (Å²) in [6, 6.07) is 10.3. The number of likely N-dealkylation sites (N-methyl/N-ethyl adjacent to an activating group) is 1. The van der Waals surface area contributed by atoms with Crippen molar-refractivity contribution in [2.75, 3.05) is 123 Å². The van der Waals surface area contributed by atoms with Crippen molar-refractivity contribution >= 4 is 70.7 Å². The first kappa shape index (κ1) is 73.1. The van der Waals surface area contributed by atoms with Crippen LogP contribution in [0.2, 0.25) is 0 Å². The zero-order valence-corrected chi connectivity index (χ0v) is 59.5. The van der Waals surface area contributed by atoms with Crippen molar-refractivity contribution in [2.45, 2.75) is 178 Å². The molecule has 8 atom stereocenters.